The molecule has 0 aliphatic carbocycles. The SMILES string of the molecule is CC(C)(C)OC(=O)Nc1cc(Cl)cc(Oc2cncnc2)c1. The van der Waals surface area contributed by atoms with E-state index in [4.69, 9.17) is 21.1 Å². The molecule has 1 aromatic carbocycles. The number of aromatic nitrogens is 2. The van der Waals surface area contributed by atoms with Gasteiger partial charge in [0.15, 0.2) is 5.75 Å². The molecule has 0 aliphatic heterocycles. The molecule has 0 fully saturated rings. The Morgan fingerprint density at radius 2 is 1.82 bits per heavy atom. The molecule has 0 bridgehead atoms. The van der Waals surface area contributed by atoms with E-state index < -0.39 is 11.7 Å². The van der Waals surface area contributed by atoms with Crippen LogP contribution in [-0.4, -0.2) is 21.7 Å². The lowest BCUT2D eigenvalue weighted by atomic mass is 10.2. The Morgan fingerprint density at radius 3 is 2.45 bits per heavy atom. The Bertz CT molecular complexity index is 657. The summed E-state index contributed by atoms with van der Waals surface area (Å²) in [6, 6.07) is 4.84. The van der Waals surface area contributed by atoms with Gasteiger partial charge in [-0.3, -0.25) is 5.32 Å². The van der Waals surface area contributed by atoms with Gasteiger partial charge < -0.3 is 9.47 Å². The Balaban J connectivity index is 2.11. The highest BCUT2D eigenvalue weighted by atomic mass is 35.5. The summed E-state index contributed by atoms with van der Waals surface area (Å²) in [6.07, 6.45) is 3.88. The lowest BCUT2D eigenvalue weighted by Crippen LogP contribution is -2.27. The first-order valence-electron chi connectivity index (χ1n) is 6.55. The summed E-state index contributed by atoms with van der Waals surface area (Å²) in [5.74, 6) is 0.918. The van der Waals surface area contributed by atoms with Crippen LogP contribution in [0.25, 0.3) is 0 Å². The number of carbonyl (C=O) groups excluding carboxylic acids is 1. The van der Waals surface area contributed by atoms with Gasteiger partial charge in [0.05, 0.1) is 12.4 Å². The average molecular weight is 322 g/mol. The molecule has 1 aromatic heterocycles. The quantitative estimate of drug-likeness (QED) is 0.913. The molecule has 1 N–H and O–H groups in total. The largest absolute Gasteiger partial charge is 0.454 e. The van der Waals surface area contributed by atoms with Crippen molar-refractivity contribution in [2.75, 3.05) is 5.32 Å². The fourth-order valence-corrected chi connectivity index (χ4v) is 1.81. The van der Waals surface area contributed by atoms with Crippen LogP contribution in [0.2, 0.25) is 5.02 Å². The van der Waals surface area contributed by atoms with E-state index in [1.807, 2.05) is 0 Å². The second-order valence-corrected chi connectivity index (χ2v) is 5.92. The molecule has 0 spiro atoms. The van der Waals surface area contributed by atoms with Gasteiger partial charge >= 0.3 is 6.09 Å². The van der Waals surface area contributed by atoms with Gasteiger partial charge in [-0.15, -0.1) is 0 Å². The summed E-state index contributed by atoms with van der Waals surface area (Å²) in [5, 5.41) is 3.03. The molecule has 0 atom stereocenters. The van der Waals surface area contributed by atoms with Crippen LogP contribution in [0.15, 0.2) is 36.9 Å². The maximum atomic E-state index is 11.8. The van der Waals surface area contributed by atoms with E-state index in [9.17, 15) is 4.79 Å². The molecular weight excluding hydrogens is 306 g/mol. The number of nitrogens with one attached hydrogen (secondary N) is 1. The first-order valence-corrected chi connectivity index (χ1v) is 6.93. The van der Waals surface area contributed by atoms with Gasteiger partial charge in [0.1, 0.15) is 17.7 Å². The minimum atomic E-state index is -0.580. The third-order valence-electron chi connectivity index (χ3n) is 2.29. The third-order valence-corrected chi connectivity index (χ3v) is 2.51. The lowest BCUT2D eigenvalue weighted by Gasteiger charge is -2.19. The number of nitrogens with zero attached hydrogens (tertiary/aromatic N) is 2. The lowest BCUT2D eigenvalue weighted by molar-refractivity contribution is 0.0636. The second-order valence-electron chi connectivity index (χ2n) is 5.48. The number of carbonyl (C=O) groups is 1. The summed E-state index contributed by atoms with van der Waals surface area (Å²) in [4.78, 5) is 19.5. The summed E-state index contributed by atoms with van der Waals surface area (Å²) in [7, 11) is 0. The monoisotopic (exact) mass is 321 g/mol. The number of anilines is 1. The molecule has 2 aromatic rings. The fraction of sp³-hybridized carbons (Fsp3) is 0.267. The van der Waals surface area contributed by atoms with Crippen molar-refractivity contribution in [3.8, 4) is 11.5 Å². The Kier molecular flexibility index (Phi) is 4.82. The summed E-state index contributed by atoms with van der Waals surface area (Å²) in [6.45, 7) is 5.36. The van der Waals surface area contributed by atoms with Crippen molar-refractivity contribution in [1.29, 1.82) is 0 Å². The number of halogens is 1. The Morgan fingerprint density at radius 1 is 1.14 bits per heavy atom. The van der Waals surface area contributed by atoms with Gasteiger partial charge in [-0.25, -0.2) is 14.8 Å². The third kappa shape index (κ3) is 5.21. The van der Waals surface area contributed by atoms with Crippen molar-refractivity contribution in [3.05, 3.63) is 41.9 Å². The van der Waals surface area contributed by atoms with E-state index in [0.29, 0.717) is 22.2 Å². The molecule has 0 radical (unpaired) electrons. The second kappa shape index (κ2) is 6.62. The van der Waals surface area contributed by atoms with E-state index >= 15 is 0 Å². The first kappa shape index (κ1) is 16.0. The number of hydrogen-bond acceptors (Lipinski definition) is 5. The van der Waals surface area contributed by atoms with E-state index in [-0.39, 0.29) is 0 Å². The summed E-state index contributed by atoms with van der Waals surface area (Å²) in [5.41, 5.74) is -0.114. The minimum absolute atomic E-state index is 0.417. The van der Waals surface area contributed by atoms with Crippen molar-refractivity contribution >= 4 is 23.4 Å². The number of rotatable bonds is 3. The molecule has 22 heavy (non-hydrogen) atoms. The average Bonchev–Trinajstić information content (AvgIpc) is 2.36. The topological polar surface area (TPSA) is 73.3 Å². The van der Waals surface area contributed by atoms with Crippen LogP contribution in [0.5, 0.6) is 11.5 Å². The van der Waals surface area contributed by atoms with Crippen molar-refractivity contribution in [3.63, 3.8) is 0 Å². The zero-order valence-corrected chi connectivity index (χ0v) is 13.2. The molecule has 116 valence electrons. The molecule has 0 saturated heterocycles. The molecular formula is C15H16ClN3O3. The van der Waals surface area contributed by atoms with E-state index in [2.05, 4.69) is 15.3 Å². The molecule has 0 unspecified atom stereocenters. The van der Waals surface area contributed by atoms with Crippen LogP contribution in [0.1, 0.15) is 20.8 Å². The van der Waals surface area contributed by atoms with Gasteiger partial charge in [-0.2, -0.15) is 0 Å². The summed E-state index contributed by atoms with van der Waals surface area (Å²) >= 11 is 6.03. The van der Waals surface area contributed by atoms with Crippen molar-refractivity contribution in [1.82, 2.24) is 9.97 Å². The fourth-order valence-electron chi connectivity index (χ4n) is 1.59. The molecule has 2 rings (SSSR count). The van der Waals surface area contributed by atoms with Crippen LogP contribution in [0.3, 0.4) is 0 Å². The van der Waals surface area contributed by atoms with Gasteiger partial charge in [-0.1, -0.05) is 11.6 Å². The van der Waals surface area contributed by atoms with Gasteiger partial charge in [-0.05, 0) is 32.9 Å². The first-order chi connectivity index (χ1) is 10.3. The maximum Gasteiger partial charge on any atom is 0.412 e. The van der Waals surface area contributed by atoms with E-state index in [0.717, 1.165) is 0 Å². The highest BCUT2D eigenvalue weighted by molar-refractivity contribution is 6.31. The van der Waals surface area contributed by atoms with E-state index in [1.165, 1.54) is 18.7 Å². The van der Waals surface area contributed by atoms with Crippen LogP contribution in [0, 0.1) is 0 Å². The van der Waals surface area contributed by atoms with Crippen LogP contribution < -0.4 is 10.1 Å². The maximum absolute atomic E-state index is 11.8. The molecule has 1 amide bonds. The van der Waals surface area contributed by atoms with E-state index in [1.54, 1.807) is 39.0 Å². The van der Waals surface area contributed by atoms with Gasteiger partial charge in [0, 0.05) is 16.8 Å². The molecule has 1 heterocycles. The minimum Gasteiger partial charge on any atom is -0.454 e. The van der Waals surface area contributed by atoms with Crippen LogP contribution in [0.4, 0.5) is 10.5 Å². The number of amides is 1. The Labute approximate surface area is 133 Å². The predicted molar refractivity (Wildman–Crippen MR) is 83.4 cm³/mol. The normalized spacial score (nSPS) is 10.9. The zero-order valence-electron chi connectivity index (χ0n) is 12.5. The van der Waals surface area contributed by atoms with Crippen LogP contribution in [-0.2, 0) is 4.74 Å². The van der Waals surface area contributed by atoms with Crippen LogP contribution >= 0.6 is 11.6 Å². The van der Waals surface area contributed by atoms with Crippen molar-refractivity contribution < 1.29 is 14.3 Å². The van der Waals surface area contributed by atoms with Gasteiger partial charge in [0.25, 0.3) is 0 Å². The highest BCUT2D eigenvalue weighted by Gasteiger charge is 2.16. The molecule has 6 nitrogen and oxygen atoms in total. The smallest absolute Gasteiger partial charge is 0.412 e. The number of benzene rings is 1. The Hall–Kier alpha value is -2.34. The molecule has 7 heteroatoms. The predicted octanol–water partition coefficient (Wildman–Crippen LogP) is 4.27. The number of ether oxygens (including phenoxy) is 2. The van der Waals surface area contributed by atoms with Crippen molar-refractivity contribution in [2.45, 2.75) is 26.4 Å². The summed E-state index contributed by atoms with van der Waals surface area (Å²) < 4.78 is 10.8. The van der Waals surface area contributed by atoms with Gasteiger partial charge in [0.2, 0.25) is 0 Å². The standard InChI is InChI=1S/C15H16ClN3O3/c1-15(2,3)22-14(20)19-11-4-10(16)5-12(6-11)21-13-7-17-9-18-8-13/h4-9H,1-3H3,(H,19,20). The number of hydrogen-bond donors (Lipinski definition) is 1. The highest BCUT2D eigenvalue weighted by Crippen LogP contribution is 2.28. The molecule has 0 saturated carbocycles. The molecule has 0 aliphatic rings. The van der Waals surface area contributed by atoms with Crippen molar-refractivity contribution in [2.24, 2.45) is 0 Å². The zero-order chi connectivity index (χ0) is 16.2.